The fraction of sp³-hybridized carbons (Fsp3) is 0.429. The molecule has 1 amide bonds. The first-order valence-corrected chi connectivity index (χ1v) is 9.28. The van der Waals surface area contributed by atoms with E-state index in [-0.39, 0.29) is 11.9 Å². The molecule has 26 heavy (non-hydrogen) atoms. The average molecular weight is 352 g/mol. The van der Waals surface area contributed by atoms with Crippen molar-refractivity contribution in [3.8, 4) is 0 Å². The smallest absolute Gasteiger partial charge is 0.257 e. The first kappa shape index (κ1) is 18.4. The minimum Gasteiger partial charge on any atom is -0.367 e. The summed E-state index contributed by atoms with van der Waals surface area (Å²) in [6, 6.07) is 12.3. The SMILES string of the molecule is Cc1ccccc1C(CNc1ncccc1C(=O)N1CCCC1)N(C)C. The van der Waals surface area contributed by atoms with Gasteiger partial charge in [-0.25, -0.2) is 4.98 Å². The molecule has 1 aliphatic heterocycles. The van der Waals surface area contributed by atoms with E-state index in [1.807, 2.05) is 17.0 Å². The molecule has 5 heteroatoms. The Kier molecular flexibility index (Phi) is 5.89. The molecule has 1 aromatic heterocycles. The van der Waals surface area contributed by atoms with Crippen LogP contribution in [0.5, 0.6) is 0 Å². The zero-order valence-corrected chi connectivity index (χ0v) is 15.9. The Bertz CT molecular complexity index is 753. The lowest BCUT2D eigenvalue weighted by atomic mass is 10.0. The summed E-state index contributed by atoms with van der Waals surface area (Å²) in [5.41, 5.74) is 3.22. The Hall–Kier alpha value is -2.40. The molecular formula is C21H28N4O. The minimum atomic E-state index is 0.0791. The van der Waals surface area contributed by atoms with Gasteiger partial charge in [0.2, 0.25) is 0 Å². The Morgan fingerprint density at radius 3 is 2.62 bits per heavy atom. The molecule has 1 aromatic carbocycles. The van der Waals surface area contributed by atoms with Gasteiger partial charge in [0.25, 0.3) is 5.91 Å². The van der Waals surface area contributed by atoms with Crippen LogP contribution in [0.4, 0.5) is 5.82 Å². The van der Waals surface area contributed by atoms with Gasteiger partial charge in [-0.05, 0) is 57.1 Å². The average Bonchev–Trinajstić information content (AvgIpc) is 3.17. The third kappa shape index (κ3) is 4.05. The maximum atomic E-state index is 12.8. The first-order chi connectivity index (χ1) is 12.6. The van der Waals surface area contributed by atoms with Crippen LogP contribution in [0, 0.1) is 6.92 Å². The van der Waals surface area contributed by atoms with Crippen LogP contribution in [0.1, 0.15) is 40.4 Å². The predicted molar refractivity (Wildman–Crippen MR) is 105 cm³/mol. The van der Waals surface area contributed by atoms with Crippen LogP contribution in [0.15, 0.2) is 42.6 Å². The number of carbonyl (C=O) groups excluding carboxylic acids is 1. The lowest BCUT2D eigenvalue weighted by Gasteiger charge is -2.27. The molecule has 2 heterocycles. The van der Waals surface area contributed by atoms with Gasteiger partial charge in [0.15, 0.2) is 0 Å². The molecule has 1 aliphatic rings. The topological polar surface area (TPSA) is 48.5 Å². The monoisotopic (exact) mass is 352 g/mol. The van der Waals surface area contributed by atoms with Crippen LogP contribution in [0.25, 0.3) is 0 Å². The quantitative estimate of drug-likeness (QED) is 0.866. The number of likely N-dealkylation sites (N-methyl/N-ethyl adjacent to an activating group) is 1. The fourth-order valence-electron chi connectivity index (χ4n) is 3.53. The van der Waals surface area contributed by atoms with Crippen molar-refractivity contribution in [1.29, 1.82) is 0 Å². The van der Waals surface area contributed by atoms with Gasteiger partial charge in [0, 0.05) is 25.8 Å². The highest BCUT2D eigenvalue weighted by atomic mass is 16.2. The van der Waals surface area contributed by atoms with Gasteiger partial charge in [-0.1, -0.05) is 24.3 Å². The summed E-state index contributed by atoms with van der Waals surface area (Å²) in [5, 5.41) is 3.42. The molecule has 1 fully saturated rings. The zero-order valence-electron chi connectivity index (χ0n) is 15.9. The Morgan fingerprint density at radius 2 is 1.92 bits per heavy atom. The lowest BCUT2D eigenvalue weighted by Crippen LogP contribution is -2.30. The summed E-state index contributed by atoms with van der Waals surface area (Å²) < 4.78 is 0. The van der Waals surface area contributed by atoms with E-state index in [0.29, 0.717) is 17.9 Å². The third-order valence-corrected chi connectivity index (χ3v) is 5.07. The Balaban J connectivity index is 1.78. The van der Waals surface area contributed by atoms with Crippen molar-refractivity contribution in [3.05, 3.63) is 59.3 Å². The van der Waals surface area contributed by atoms with Crippen LogP contribution in [0.3, 0.4) is 0 Å². The number of rotatable bonds is 6. The highest BCUT2D eigenvalue weighted by molar-refractivity contribution is 5.98. The van der Waals surface area contributed by atoms with Crippen molar-refractivity contribution in [1.82, 2.24) is 14.8 Å². The number of hydrogen-bond acceptors (Lipinski definition) is 4. The number of hydrogen-bond donors (Lipinski definition) is 1. The lowest BCUT2D eigenvalue weighted by molar-refractivity contribution is 0.0793. The van der Waals surface area contributed by atoms with Gasteiger partial charge < -0.3 is 15.1 Å². The van der Waals surface area contributed by atoms with E-state index in [0.717, 1.165) is 25.9 Å². The van der Waals surface area contributed by atoms with Crippen molar-refractivity contribution < 1.29 is 4.79 Å². The molecule has 2 aromatic rings. The molecule has 0 aliphatic carbocycles. The van der Waals surface area contributed by atoms with Gasteiger partial charge >= 0.3 is 0 Å². The van der Waals surface area contributed by atoms with E-state index in [4.69, 9.17) is 0 Å². The maximum absolute atomic E-state index is 12.8. The van der Waals surface area contributed by atoms with E-state index in [1.54, 1.807) is 6.20 Å². The number of aryl methyl sites for hydroxylation is 1. The summed E-state index contributed by atoms with van der Waals surface area (Å²) >= 11 is 0. The van der Waals surface area contributed by atoms with Gasteiger partial charge in [-0.15, -0.1) is 0 Å². The highest BCUT2D eigenvalue weighted by Gasteiger charge is 2.23. The summed E-state index contributed by atoms with van der Waals surface area (Å²) in [6.07, 6.45) is 3.91. The van der Waals surface area contributed by atoms with Crippen molar-refractivity contribution in [2.45, 2.75) is 25.8 Å². The van der Waals surface area contributed by atoms with Gasteiger partial charge in [0.05, 0.1) is 11.6 Å². The second-order valence-electron chi connectivity index (χ2n) is 7.12. The molecule has 1 N–H and O–H groups in total. The van der Waals surface area contributed by atoms with Gasteiger partial charge in [-0.3, -0.25) is 4.79 Å². The number of benzene rings is 1. The number of anilines is 1. The van der Waals surface area contributed by atoms with E-state index < -0.39 is 0 Å². The summed E-state index contributed by atoms with van der Waals surface area (Å²) in [5.74, 6) is 0.750. The summed E-state index contributed by atoms with van der Waals surface area (Å²) in [7, 11) is 4.15. The first-order valence-electron chi connectivity index (χ1n) is 9.28. The second-order valence-corrected chi connectivity index (χ2v) is 7.12. The number of pyridine rings is 1. The number of carbonyl (C=O) groups is 1. The van der Waals surface area contributed by atoms with Crippen LogP contribution in [-0.4, -0.2) is 54.4 Å². The van der Waals surface area contributed by atoms with E-state index in [9.17, 15) is 4.79 Å². The molecule has 0 saturated carbocycles. The fourth-order valence-corrected chi connectivity index (χ4v) is 3.53. The number of nitrogens with zero attached hydrogens (tertiary/aromatic N) is 3. The molecular weight excluding hydrogens is 324 g/mol. The van der Waals surface area contributed by atoms with Crippen LogP contribution in [-0.2, 0) is 0 Å². The third-order valence-electron chi connectivity index (χ3n) is 5.07. The van der Waals surface area contributed by atoms with Gasteiger partial charge in [-0.2, -0.15) is 0 Å². The van der Waals surface area contributed by atoms with E-state index >= 15 is 0 Å². The van der Waals surface area contributed by atoms with E-state index in [2.05, 4.69) is 60.5 Å². The van der Waals surface area contributed by atoms with Crippen molar-refractivity contribution >= 4 is 11.7 Å². The molecule has 0 radical (unpaired) electrons. The second kappa shape index (κ2) is 8.32. The predicted octanol–water partition coefficient (Wildman–Crippen LogP) is 3.34. The van der Waals surface area contributed by atoms with Crippen molar-refractivity contribution in [3.63, 3.8) is 0 Å². The largest absolute Gasteiger partial charge is 0.367 e. The highest BCUT2D eigenvalue weighted by Crippen LogP contribution is 2.24. The van der Waals surface area contributed by atoms with E-state index in [1.165, 1.54) is 11.1 Å². The number of likely N-dealkylation sites (tertiary alicyclic amines) is 1. The summed E-state index contributed by atoms with van der Waals surface area (Å²) in [6.45, 7) is 4.51. The van der Waals surface area contributed by atoms with Crippen molar-refractivity contribution in [2.75, 3.05) is 39.0 Å². The summed E-state index contributed by atoms with van der Waals surface area (Å²) in [4.78, 5) is 21.4. The molecule has 138 valence electrons. The van der Waals surface area contributed by atoms with Crippen molar-refractivity contribution in [2.24, 2.45) is 0 Å². The zero-order chi connectivity index (χ0) is 18.5. The molecule has 1 saturated heterocycles. The molecule has 5 nitrogen and oxygen atoms in total. The Labute approximate surface area is 156 Å². The van der Waals surface area contributed by atoms with Crippen LogP contribution >= 0.6 is 0 Å². The molecule has 1 atom stereocenters. The molecule has 0 spiro atoms. The number of aromatic nitrogens is 1. The molecule has 0 bridgehead atoms. The normalized spacial score (nSPS) is 15.3. The molecule has 3 rings (SSSR count). The standard InChI is InChI=1S/C21H28N4O/c1-16-9-4-5-10-17(16)19(24(2)3)15-23-20-18(11-8-12-22-20)21(26)25-13-6-7-14-25/h4-5,8-12,19H,6-7,13-15H2,1-3H3,(H,22,23). The van der Waals surface area contributed by atoms with Crippen LogP contribution in [0.2, 0.25) is 0 Å². The Morgan fingerprint density at radius 1 is 1.19 bits per heavy atom. The van der Waals surface area contributed by atoms with Gasteiger partial charge in [0.1, 0.15) is 5.82 Å². The number of amides is 1. The number of nitrogens with one attached hydrogen (secondary N) is 1. The maximum Gasteiger partial charge on any atom is 0.257 e. The van der Waals surface area contributed by atoms with Crippen LogP contribution < -0.4 is 5.32 Å². The molecule has 1 unspecified atom stereocenters. The minimum absolute atomic E-state index is 0.0791.